The lowest BCUT2D eigenvalue weighted by molar-refractivity contribution is 0.0997. The molecule has 64 valence electrons. The number of hydrogen-bond donors (Lipinski definition) is 1. The highest BCUT2D eigenvalue weighted by molar-refractivity contribution is 9.10. The van der Waals surface area contributed by atoms with E-state index in [0.29, 0.717) is 4.47 Å². The van der Waals surface area contributed by atoms with Crippen molar-refractivity contribution in [2.75, 3.05) is 6.54 Å². The Kier molecular flexibility index (Phi) is 2.94. The van der Waals surface area contributed by atoms with Crippen LogP contribution in [0.25, 0.3) is 0 Å². The Morgan fingerprint density at radius 3 is 2.75 bits per heavy atom. The zero-order valence-corrected chi connectivity index (χ0v) is 7.77. The van der Waals surface area contributed by atoms with E-state index in [4.69, 9.17) is 5.73 Å². The van der Waals surface area contributed by atoms with Crippen molar-refractivity contribution < 1.29 is 9.18 Å². The first-order valence-electron chi connectivity index (χ1n) is 3.34. The van der Waals surface area contributed by atoms with Crippen LogP contribution in [0.5, 0.6) is 0 Å². The summed E-state index contributed by atoms with van der Waals surface area (Å²) >= 11 is 3.07. The van der Waals surface area contributed by atoms with Crippen LogP contribution in [0.4, 0.5) is 4.39 Å². The summed E-state index contributed by atoms with van der Waals surface area (Å²) in [5.41, 5.74) is 5.13. The lowest BCUT2D eigenvalue weighted by Crippen LogP contribution is -2.15. The van der Waals surface area contributed by atoms with Gasteiger partial charge in [0.05, 0.1) is 12.1 Å². The molecule has 0 spiro atoms. The van der Waals surface area contributed by atoms with E-state index in [1.807, 2.05) is 0 Å². The molecule has 0 atom stereocenters. The summed E-state index contributed by atoms with van der Waals surface area (Å²) in [4.78, 5) is 11.1. The Morgan fingerprint density at radius 2 is 2.25 bits per heavy atom. The monoisotopic (exact) mass is 231 g/mol. The summed E-state index contributed by atoms with van der Waals surface area (Å²) in [6.45, 7) is -0.181. The van der Waals surface area contributed by atoms with E-state index in [2.05, 4.69) is 15.9 Å². The van der Waals surface area contributed by atoms with Crippen molar-refractivity contribution in [1.82, 2.24) is 0 Å². The molecule has 0 bridgehead atoms. The van der Waals surface area contributed by atoms with E-state index in [1.165, 1.54) is 12.1 Å². The summed E-state index contributed by atoms with van der Waals surface area (Å²) in [7, 11) is 0. The zero-order chi connectivity index (χ0) is 9.14. The predicted molar refractivity (Wildman–Crippen MR) is 47.5 cm³/mol. The van der Waals surface area contributed by atoms with E-state index in [9.17, 15) is 9.18 Å². The molecule has 1 rings (SSSR count). The number of carbonyl (C=O) groups is 1. The van der Waals surface area contributed by atoms with Crippen molar-refractivity contribution in [3.8, 4) is 0 Å². The molecule has 2 N–H and O–H groups in total. The van der Waals surface area contributed by atoms with Crippen LogP contribution in [-0.2, 0) is 0 Å². The predicted octanol–water partition coefficient (Wildman–Crippen LogP) is 1.73. The van der Waals surface area contributed by atoms with Crippen molar-refractivity contribution in [2.45, 2.75) is 0 Å². The number of rotatable bonds is 2. The molecular formula is C8H7BrFNO. The summed E-state index contributed by atoms with van der Waals surface area (Å²) in [6, 6.07) is 4.35. The average molecular weight is 232 g/mol. The Morgan fingerprint density at radius 1 is 1.58 bits per heavy atom. The third kappa shape index (κ3) is 1.70. The van der Waals surface area contributed by atoms with Crippen LogP contribution in [0.2, 0.25) is 0 Å². The Bertz CT molecular complexity index is 294. The number of benzene rings is 1. The molecule has 0 radical (unpaired) electrons. The van der Waals surface area contributed by atoms with Gasteiger partial charge in [-0.05, 0) is 28.1 Å². The number of carbonyl (C=O) groups excluding carboxylic acids is 1. The maximum absolute atomic E-state index is 13.0. The summed E-state index contributed by atoms with van der Waals surface area (Å²) < 4.78 is 13.4. The van der Waals surface area contributed by atoms with Gasteiger partial charge in [-0.1, -0.05) is 6.07 Å². The van der Waals surface area contributed by atoms with Crippen molar-refractivity contribution in [3.63, 3.8) is 0 Å². The molecule has 0 fully saturated rings. The summed E-state index contributed by atoms with van der Waals surface area (Å²) in [6.07, 6.45) is 0. The third-order valence-electron chi connectivity index (χ3n) is 1.43. The van der Waals surface area contributed by atoms with Crippen LogP contribution in [0, 0.1) is 5.82 Å². The van der Waals surface area contributed by atoms with E-state index >= 15 is 0 Å². The molecule has 0 aliphatic heterocycles. The molecule has 12 heavy (non-hydrogen) atoms. The lowest BCUT2D eigenvalue weighted by atomic mass is 10.1. The summed E-state index contributed by atoms with van der Waals surface area (Å²) in [5, 5.41) is 0. The van der Waals surface area contributed by atoms with Gasteiger partial charge in [0.15, 0.2) is 5.78 Å². The first-order chi connectivity index (χ1) is 5.66. The minimum atomic E-state index is -0.542. The number of nitrogens with two attached hydrogens (primary N) is 1. The largest absolute Gasteiger partial charge is 0.324 e. The standard InChI is InChI=1S/C8H7BrFNO/c9-5-2-1-3-6(10)8(5)7(12)4-11/h1-3H,4,11H2. The maximum atomic E-state index is 13.0. The first-order valence-corrected chi connectivity index (χ1v) is 4.13. The van der Waals surface area contributed by atoms with Crippen molar-refractivity contribution in [3.05, 3.63) is 34.1 Å². The van der Waals surface area contributed by atoms with E-state index in [1.54, 1.807) is 6.07 Å². The van der Waals surface area contributed by atoms with Crippen LogP contribution >= 0.6 is 15.9 Å². The van der Waals surface area contributed by atoms with E-state index < -0.39 is 11.6 Å². The fourth-order valence-electron chi connectivity index (χ4n) is 0.866. The SMILES string of the molecule is NCC(=O)c1c(F)cccc1Br. The number of Topliss-reactive ketones (excluding diaryl/α,β-unsaturated/α-hetero) is 1. The molecule has 0 saturated heterocycles. The van der Waals surface area contributed by atoms with Crippen LogP contribution in [0.3, 0.4) is 0 Å². The van der Waals surface area contributed by atoms with Gasteiger partial charge in [0.2, 0.25) is 0 Å². The molecule has 2 nitrogen and oxygen atoms in total. The van der Waals surface area contributed by atoms with E-state index in [-0.39, 0.29) is 12.1 Å². The molecule has 0 unspecified atom stereocenters. The van der Waals surface area contributed by atoms with Gasteiger partial charge >= 0.3 is 0 Å². The first kappa shape index (κ1) is 9.35. The van der Waals surface area contributed by atoms with Crippen LogP contribution in [0.15, 0.2) is 22.7 Å². The Labute approximate surface area is 77.7 Å². The number of halogens is 2. The highest BCUT2D eigenvalue weighted by atomic mass is 79.9. The smallest absolute Gasteiger partial charge is 0.180 e. The van der Waals surface area contributed by atoms with Gasteiger partial charge in [-0.3, -0.25) is 4.79 Å². The quantitative estimate of drug-likeness (QED) is 0.789. The molecule has 1 aromatic carbocycles. The fraction of sp³-hybridized carbons (Fsp3) is 0.125. The molecule has 0 aromatic heterocycles. The fourth-order valence-corrected chi connectivity index (χ4v) is 1.43. The second-order valence-corrected chi connectivity index (χ2v) is 3.08. The minimum Gasteiger partial charge on any atom is -0.324 e. The van der Waals surface area contributed by atoms with Gasteiger partial charge in [0.1, 0.15) is 5.82 Å². The number of ketones is 1. The maximum Gasteiger partial charge on any atom is 0.180 e. The molecule has 4 heteroatoms. The molecule has 0 saturated carbocycles. The van der Waals surface area contributed by atoms with Gasteiger partial charge in [-0.25, -0.2) is 4.39 Å². The van der Waals surface area contributed by atoms with Gasteiger partial charge in [0, 0.05) is 4.47 Å². The highest BCUT2D eigenvalue weighted by Gasteiger charge is 2.12. The second-order valence-electron chi connectivity index (χ2n) is 2.22. The van der Waals surface area contributed by atoms with Crippen molar-refractivity contribution in [1.29, 1.82) is 0 Å². The van der Waals surface area contributed by atoms with Crippen LogP contribution in [-0.4, -0.2) is 12.3 Å². The topological polar surface area (TPSA) is 43.1 Å². The van der Waals surface area contributed by atoms with Gasteiger partial charge in [-0.2, -0.15) is 0 Å². The van der Waals surface area contributed by atoms with Gasteiger partial charge in [0.25, 0.3) is 0 Å². The van der Waals surface area contributed by atoms with Crippen molar-refractivity contribution in [2.24, 2.45) is 5.73 Å². The molecule has 0 amide bonds. The molecular weight excluding hydrogens is 225 g/mol. The van der Waals surface area contributed by atoms with Gasteiger partial charge < -0.3 is 5.73 Å². The molecule has 0 heterocycles. The summed E-state index contributed by atoms with van der Waals surface area (Å²) in [5.74, 6) is -0.945. The zero-order valence-electron chi connectivity index (χ0n) is 6.18. The highest BCUT2D eigenvalue weighted by Crippen LogP contribution is 2.19. The van der Waals surface area contributed by atoms with Crippen LogP contribution in [0.1, 0.15) is 10.4 Å². The Balaban J connectivity index is 3.21. The van der Waals surface area contributed by atoms with Crippen molar-refractivity contribution >= 4 is 21.7 Å². The number of hydrogen-bond acceptors (Lipinski definition) is 2. The molecule has 0 aliphatic rings. The van der Waals surface area contributed by atoms with Gasteiger partial charge in [-0.15, -0.1) is 0 Å². The Hall–Kier alpha value is -0.740. The lowest BCUT2D eigenvalue weighted by Gasteiger charge is -2.01. The average Bonchev–Trinajstić information content (AvgIpc) is 2.03. The minimum absolute atomic E-state index is 0.0278. The van der Waals surface area contributed by atoms with E-state index in [0.717, 1.165) is 0 Å². The second kappa shape index (κ2) is 3.78. The normalized spacial score (nSPS) is 9.92. The van der Waals surface area contributed by atoms with Crippen LogP contribution < -0.4 is 5.73 Å². The third-order valence-corrected chi connectivity index (χ3v) is 2.09. The molecule has 1 aromatic rings. The molecule has 0 aliphatic carbocycles.